The molecule has 1 fully saturated rings. The van der Waals surface area contributed by atoms with E-state index in [1.807, 2.05) is 12.3 Å². The maximum atomic E-state index is 4.88. The molecule has 0 amide bonds. The Balaban J connectivity index is 0.000000247. The quantitative estimate of drug-likeness (QED) is 0.489. The van der Waals surface area contributed by atoms with Crippen molar-refractivity contribution < 1.29 is 16.5 Å². The predicted molar refractivity (Wildman–Crippen MR) is 74.3 cm³/mol. The number of piperidine rings is 1. The zero-order valence-electron chi connectivity index (χ0n) is 10.3. The minimum absolute atomic E-state index is 0.472. The molecule has 2 nitrogen and oxygen atoms in total. The van der Waals surface area contributed by atoms with E-state index in [1.165, 1.54) is 18.4 Å². The van der Waals surface area contributed by atoms with Gasteiger partial charge in [-0.3, -0.25) is 0 Å². The summed E-state index contributed by atoms with van der Waals surface area (Å²) < 4.78 is 0. The molecule has 2 aliphatic rings. The summed E-state index contributed by atoms with van der Waals surface area (Å²) in [6.45, 7) is 7.46. The second-order valence-corrected chi connectivity index (χ2v) is 7.31. The third kappa shape index (κ3) is 12.8. The summed E-state index contributed by atoms with van der Waals surface area (Å²) in [4.78, 5) is 0. The second kappa shape index (κ2) is 13.0. The summed E-state index contributed by atoms with van der Waals surface area (Å²) >= 11 is -0.472. The van der Waals surface area contributed by atoms with Crippen molar-refractivity contribution in [3.05, 3.63) is 34.6 Å². The molecule has 0 aromatic rings. The van der Waals surface area contributed by atoms with E-state index in [4.69, 9.17) is 18.8 Å². The molecule has 2 rings (SSSR count). The van der Waals surface area contributed by atoms with Gasteiger partial charge in [0.2, 0.25) is 0 Å². The number of rotatable bonds is 0. The topological polar surface area (TPSA) is 28.2 Å². The first-order valence-corrected chi connectivity index (χ1v) is 11.3. The first-order chi connectivity index (χ1) is 8.20. The molecule has 1 saturated heterocycles. The summed E-state index contributed by atoms with van der Waals surface area (Å²) in [5, 5.41) is 8.20. The van der Waals surface area contributed by atoms with Gasteiger partial charge in [-0.25, -0.2) is 0 Å². The van der Waals surface area contributed by atoms with Crippen LogP contribution in [0.2, 0.25) is 0 Å². The first kappa shape index (κ1) is 17.5. The van der Waals surface area contributed by atoms with Gasteiger partial charge < -0.3 is 10.6 Å². The Morgan fingerprint density at radius 2 is 1.88 bits per heavy atom. The Kier molecular flexibility index (Phi) is 13.3. The Labute approximate surface area is 122 Å². The van der Waals surface area contributed by atoms with E-state index >= 15 is 0 Å². The summed E-state index contributed by atoms with van der Waals surface area (Å²) in [6, 6.07) is 0. The van der Waals surface area contributed by atoms with Crippen LogP contribution >= 0.6 is 18.8 Å². The van der Waals surface area contributed by atoms with E-state index in [2.05, 4.69) is 30.6 Å². The van der Waals surface area contributed by atoms with Crippen LogP contribution in [0.15, 0.2) is 23.9 Å². The standard InChI is InChI=1S/C6H12N.C6H8N.2ClH.Pt/c2*1-6-2-4-7-5-3-6;;;/h6H,2-5H2,1H3;2-4H,5H2,1H3;2*1H;/q2*-1;;;+4/p-2. The van der Waals surface area contributed by atoms with Crippen LogP contribution in [-0.2, 0) is 16.5 Å². The van der Waals surface area contributed by atoms with Gasteiger partial charge in [-0.15, -0.1) is 19.6 Å². The Hall–Kier alpha value is 0.508. The van der Waals surface area contributed by atoms with Crippen molar-refractivity contribution >= 4 is 18.8 Å². The average molecular weight is 458 g/mol. The molecule has 0 aliphatic carbocycles. The third-order valence-electron chi connectivity index (χ3n) is 2.52. The molecule has 0 spiro atoms. The third-order valence-corrected chi connectivity index (χ3v) is 2.52. The van der Waals surface area contributed by atoms with Crippen molar-refractivity contribution in [3.63, 3.8) is 0 Å². The van der Waals surface area contributed by atoms with Crippen LogP contribution < -0.4 is 0 Å². The predicted octanol–water partition coefficient (Wildman–Crippen LogP) is 5.00. The van der Waals surface area contributed by atoms with E-state index in [9.17, 15) is 0 Å². The van der Waals surface area contributed by atoms with Gasteiger partial charge in [0.25, 0.3) is 0 Å². The molecule has 0 bridgehead atoms. The molecule has 2 aliphatic heterocycles. The van der Waals surface area contributed by atoms with Gasteiger partial charge in [0.15, 0.2) is 0 Å². The molecular formula is C12H20Cl2N2Pt. The van der Waals surface area contributed by atoms with Crippen LogP contribution in [0.3, 0.4) is 0 Å². The van der Waals surface area contributed by atoms with E-state index in [0.717, 1.165) is 25.6 Å². The number of hydrogen-bond donors (Lipinski definition) is 0. The molecule has 0 atom stereocenters. The van der Waals surface area contributed by atoms with Gasteiger partial charge >= 0.3 is 35.3 Å². The van der Waals surface area contributed by atoms with Gasteiger partial charge in [-0.05, 0) is 12.8 Å². The fourth-order valence-electron chi connectivity index (χ4n) is 1.38. The molecule has 0 saturated carbocycles. The van der Waals surface area contributed by atoms with Crippen molar-refractivity contribution in [2.75, 3.05) is 19.6 Å². The van der Waals surface area contributed by atoms with E-state index in [1.54, 1.807) is 0 Å². The molecule has 5 heteroatoms. The number of hydrogen-bond acceptors (Lipinski definition) is 0. The fraction of sp³-hybridized carbons (Fsp3) is 0.667. The summed E-state index contributed by atoms with van der Waals surface area (Å²) in [6.07, 6.45) is 8.58. The molecule has 2 heterocycles. The first-order valence-electron chi connectivity index (χ1n) is 5.66. The van der Waals surface area contributed by atoms with E-state index in [0.29, 0.717) is 0 Å². The number of nitrogens with zero attached hydrogens (tertiary/aromatic N) is 2. The molecule has 0 N–H and O–H groups in total. The maximum absolute atomic E-state index is 4.88. The van der Waals surface area contributed by atoms with Crippen LogP contribution in [0.1, 0.15) is 26.7 Å². The molecule has 102 valence electrons. The average Bonchev–Trinajstić information content (AvgIpc) is 2.33. The molecule has 0 aromatic carbocycles. The summed E-state index contributed by atoms with van der Waals surface area (Å²) in [5.41, 5.74) is 1.31. The molecule has 0 unspecified atom stereocenters. The van der Waals surface area contributed by atoms with Gasteiger partial charge in [-0.1, -0.05) is 37.5 Å². The Morgan fingerprint density at radius 1 is 1.29 bits per heavy atom. The van der Waals surface area contributed by atoms with Crippen molar-refractivity contribution in [2.45, 2.75) is 26.7 Å². The van der Waals surface area contributed by atoms with Gasteiger partial charge in [0.1, 0.15) is 0 Å². The molecule has 0 aromatic heterocycles. The summed E-state index contributed by atoms with van der Waals surface area (Å²) in [5.74, 6) is 0.942. The van der Waals surface area contributed by atoms with Crippen molar-refractivity contribution in [1.82, 2.24) is 0 Å². The SMILES string of the molecule is CC1=CC[N-]C=C1.CC1CC[N-]CC1.[Cl][Pt+2][Cl]. The minimum atomic E-state index is -0.472. The monoisotopic (exact) mass is 457 g/mol. The van der Waals surface area contributed by atoms with E-state index < -0.39 is 16.5 Å². The van der Waals surface area contributed by atoms with Gasteiger partial charge in [-0.2, -0.15) is 6.20 Å². The zero-order chi connectivity index (χ0) is 12.9. The van der Waals surface area contributed by atoms with Crippen molar-refractivity contribution in [1.29, 1.82) is 0 Å². The molecule has 17 heavy (non-hydrogen) atoms. The normalized spacial score (nSPS) is 19.2. The van der Waals surface area contributed by atoms with Crippen LogP contribution in [0, 0.1) is 5.92 Å². The fourth-order valence-corrected chi connectivity index (χ4v) is 1.38. The summed E-state index contributed by atoms with van der Waals surface area (Å²) in [7, 11) is 9.75. The van der Waals surface area contributed by atoms with Gasteiger partial charge in [0.05, 0.1) is 0 Å². The van der Waals surface area contributed by atoms with Crippen LogP contribution in [0.25, 0.3) is 10.6 Å². The molecular weight excluding hydrogens is 438 g/mol. The van der Waals surface area contributed by atoms with E-state index in [-0.39, 0.29) is 0 Å². The number of allylic oxidation sites excluding steroid dienone is 2. The van der Waals surface area contributed by atoms with Crippen LogP contribution in [0.5, 0.6) is 0 Å². The Bertz CT molecular complexity index is 227. The van der Waals surface area contributed by atoms with Crippen LogP contribution in [-0.4, -0.2) is 19.6 Å². The van der Waals surface area contributed by atoms with Crippen LogP contribution in [0.4, 0.5) is 0 Å². The van der Waals surface area contributed by atoms with Gasteiger partial charge in [0, 0.05) is 0 Å². The number of halogens is 2. The van der Waals surface area contributed by atoms with Crippen molar-refractivity contribution in [3.8, 4) is 0 Å². The zero-order valence-corrected chi connectivity index (χ0v) is 14.1. The Morgan fingerprint density at radius 3 is 2.12 bits per heavy atom. The second-order valence-electron chi connectivity index (χ2n) is 4.03. The molecule has 0 radical (unpaired) electrons. The van der Waals surface area contributed by atoms with Crippen molar-refractivity contribution in [2.24, 2.45) is 5.92 Å².